The van der Waals surface area contributed by atoms with Gasteiger partial charge in [0.25, 0.3) is 0 Å². The molecular weight excluding hydrogens is 454 g/mol. The van der Waals surface area contributed by atoms with E-state index in [4.69, 9.17) is 0 Å². The average molecular weight is 524 g/mol. The zero-order chi connectivity index (χ0) is 27.7. The zero-order valence-corrected chi connectivity index (χ0v) is 26.1. The third-order valence-electron chi connectivity index (χ3n) is 7.17. The lowest BCUT2D eigenvalue weighted by atomic mass is 10.1. The smallest absolute Gasteiger partial charge is 0.0766 e. The number of allylic oxidation sites excluding steroid dienone is 2. The van der Waals surface area contributed by atoms with Crippen molar-refractivity contribution >= 4 is 5.97 Å². The van der Waals surface area contributed by atoms with E-state index in [1.165, 1.54) is 148 Å². The minimum Gasteiger partial charge on any atom is -0.550 e. The maximum absolute atomic E-state index is 10.2. The Labute approximate surface area is 234 Å². The molecule has 0 heterocycles. The number of carboxylic acid groups (broad SMARTS) is 1. The van der Waals surface area contributed by atoms with E-state index < -0.39 is 5.97 Å². The molecule has 0 saturated heterocycles. The molecule has 0 aromatic rings. The molecule has 0 atom stereocenters. The number of unbranched alkanes of at least 4 members (excludes halogenated alkanes) is 22. The van der Waals surface area contributed by atoms with Gasteiger partial charge in [0.2, 0.25) is 0 Å². The van der Waals surface area contributed by atoms with Gasteiger partial charge >= 0.3 is 0 Å². The van der Waals surface area contributed by atoms with E-state index in [1.54, 1.807) is 4.90 Å². The van der Waals surface area contributed by atoms with Crippen molar-refractivity contribution in [3.63, 3.8) is 0 Å². The summed E-state index contributed by atoms with van der Waals surface area (Å²) in [4.78, 5) is 11.8. The lowest BCUT2D eigenvalue weighted by Crippen LogP contribution is -3.05. The molecule has 37 heavy (non-hydrogen) atoms. The summed E-state index contributed by atoms with van der Waals surface area (Å²) in [5.41, 5.74) is 0. The van der Waals surface area contributed by atoms with Crippen LogP contribution in [0, 0.1) is 0 Å². The van der Waals surface area contributed by atoms with Crippen LogP contribution >= 0.6 is 0 Å². The van der Waals surface area contributed by atoms with Crippen molar-refractivity contribution in [3.8, 4) is 0 Å². The Morgan fingerprint density at radius 3 is 1.19 bits per heavy atom. The van der Waals surface area contributed by atoms with Gasteiger partial charge in [-0.15, -0.1) is 0 Å². The first kappa shape index (κ1) is 38.3. The van der Waals surface area contributed by atoms with Crippen LogP contribution in [0.15, 0.2) is 12.2 Å². The van der Waals surface area contributed by atoms with Gasteiger partial charge in [-0.2, -0.15) is 0 Å². The van der Waals surface area contributed by atoms with Crippen LogP contribution in [0.1, 0.15) is 181 Å². The Morgan fingerprint density at radius 2 is 0.838 bits per heavy atom. The second kappa shape index (κ2) is 35.2. The Balaban J connectivity index is 0. The summed E-state index contributed by atoms with van der Waals surface area (Å²) in [6.45, 7) is 5.89. The monoisotopic (exact) mass is 524 g/mol. The number of quaternary nitrogens is 1. The average Bonchev–Trinajstić information content (AvgIpc) is 2.87. The molecule has 0 amide bonds. The van der Waals surface area contributed by atoms with Gasteiger partial charge in [-0.25, -0.2) is 0 Å². The standard InChI is InChI=1S/C18H34O2.C16H35N/c1-2-3-4-5-6-7-8-9-10-11-12-13-14-15-16-17-18(19)20;1-4-5-6-7-8-9-10-11-12-13-14-15-16-17(2)3/h9-10H,2-8,11-17H2,1H3,(H,19,20);4-16H2,1-3H3. The fraction of sp³-hybridized carbons (Fsp3) is 0.912. The molecule has 0 aliphatic heterocycles. The van der Waals surface area contributed by atoms with Crippen molar-refractivity contribution in [1.29, 1.82) is 0 Å². The number of carboxylic acids is 1. The van der Waals surface area contributed by atoms with Crippen LogP contribution in [-0.4, -0.2) is 26.6 Å². The van der Waals surface area contributed by atoms with E-state index in [2.05, 4.69) is 40.1 Å². The highest BCUT2D eigenvalue weighted by Crippen LogP contribution is 2.12. The minimum absolute atomic E-state index is 0.220. The summed E-state index contributed by atoms with van der Waals surface area (Å²) in [6.07, 6.45) is 38.3. The first-order valence-corrected chi connectivity index (χ1v) is 16.7. The Morgan fingerprint density at radius 1 is 0.514 bits per heavy atom. The number of rotatable bonds is 28. The molecule has 222 valence electrons. The number of carbonyl (C=O) groups excluding carboxylic acids is 1. The minimum atomic E-state index is -0.914. The number of hydrogen-bond donors (Lipinski definition) is 1. The quantitative estimate of drug-likeness (QED) is 0.0824. The van der Waals surface area contributed by atoms with Crippen molar-refractivity contribution in [1.82, 2.24) is 0 Å². The predicted octanol–water partition coefficient (Wildman–Crippen LogP) is 8.61. The van der Waals surface area contributed by atoms with Gasteiger partial charge in [0.05, 0.1) is 20.6 Å². The van der Waals surface area contributed by atoms with Gasteiger partial charge in [-0.1, -0.05) is 142 Å². The van der Waals surface area contributed by atoms with E-state index in [0.29, 0.717) is 0 Å². The molecule has 0 rings (SSSR count). The van der Waals surface area contributed by atoms with E-state index in [1.807, 2.05) is 0 Å². The Bertz CT molecular complexity index is 447. The fourth-order valence-electron chi connectivity index (χ4n) is 4.66. The second-order valence-electron chi connectivity index (χ2n) is 11.6. The number of carbonyl (C=O) groups is 1. The maximum atomic E-state index is 10.2. The number of hydrogen-bond acceptors (Lipinski definition) is 2. The van der Waals surface area contributed by atoms with Crippen molar-refractivity contribution in [2.45, 2.75) is 181 Å². The molecule has 0 spiro atoms. The summed E-state index contributed by atoms with van der Waals surface area (Å²) in [6, 6.07) is 0. The van der Waals surface area contributed by atoms with Crippen molar-refractivity contribution in [2.75, 3.05) is 20.6 Å². The van der Waals surface area contributed by atoms with Crippen molar-refractivity contribution in [2.24, 2.45) is 0 Å². The van der Waals surface area contributed by atoms with Crippen LogP contribution in [-0.2, 0) is 4.79 Å². The lowest BCUT2D eigenvalue weighted by Gasteiger charge is -2.06. The highest BCUT2D eigenvalue weighted by Gasteiger charge is 1.95. The van der Waals surface area contributed by atoms with E-state index >= 15 is 0 Å². The molecule has 0 bridgehead atoms. The fourth-order valence-corrected chi connectivity index (χ4v) is 4.66. The second-order valence-corrected chi connectivity index (χ2v) is 11.6. The van der Waals surface area contributed by atoms with Crippen LogP contribution in [0.5, 0.6) is 0 Å². The van der Waals surface area contributed by atoms with E-state index in [-0.39, 0.29) is 6.42 Å². The first-order chi connectivity index (χ1) is 18.0. The molecule has 0 aromatic heterocycles. The molecule has 0 fully saturated rings. The molecule has 0 aliphatic rings. The van der Waals surface area contributed by atoms with Crippen molar-refractivity contribution < 1.29 is 14.8 Å². The summed E-state index contributed by atoms with van der Waals surface area (Å²) >= 11 is 0. The zero-order valence-electron chi connectivity index (χ0n) is 26.1. The molecule has 0 radical (unpaired) electrons. The van der Waals surface area contributed by atoms with Crippen LogP contribution in [0.25, 0.3) is 0 Å². The van der Waals surface area contributed by atoms with Crippen LogP contribution in [0.2, 0.25) is 0 Å². The summed E-state index contributed by atoms with van der Waals surface area (Å²) in [5.74, 6) is -0.914. The first-order valence-electron chi connectivity index (χ1n) is 16.7. The molecule has 0 unspecified atom stereocenters. The van der Waals surface area contributed by atoms with Crippen LogP contribution < -0.4 is 10.0 Å². The topological polar surface area (TPSA) is 44.6 Å². The third kappa shape index (κ3) is 42.5. The lowest BCUT2D eigenvalue weighted by molar-refractivity contribution is -0.858. The van der Waals surface area contributed by atoms with Gasteiger partial charge in [0.15, 0.2) is 0 Å². The largest absolute Gasteiger partial charge is 0.550 e. The van der Waals surface area contributed by atoms with Gasteiger partial charge in [-0.05, 0) is 51.4 Å². The normalized spacial score (nSPS) is 11.3. The van der Waals surface area contributed by atoms with E-state index in [0.717, 1.165) is 19.3 Å². The molecule has 1 N–H and O–H groups in total. The molecule has 3 heteroatoms. The van der Waals surface area contributed by atoms with Gasteiger partial charge in [0.1, 0.15) is 0 Å². The molecule has 0 aliphatic carbocycles. The SMILES string of the molecule is CCCCCCCCC=CCCCCCCCC(=O)[O-].CCCCCCCCCCCCCC[NH+](C)C. The van der Waals surface area contributed by atoms with Gasteiger partial charge in [-0.3, -0.25) is 0 Å². The Kier molecular flexibility index (Phi) is 36.4. The number of aliphatic carboxylic acids is 1. The highest BCUT2D eigenvalue weighted by molar-refractivity contribution is 5.64. The summed E-state index contributed by atoms with van der Waals surface area (Å²) in [7, 11) is 4.50. The predicted molar refractivity (Wildman–Crippen MR) is 163 cm³/mol. The maximum Gasteiger partial charge on any atom is 0.0766 e. The van der Waals surface area contributed by atoms with Crippen LogP contribution in [0.3, 0.4) is 0 Å². The summed E-state index contributed by atoms with van der Waals surface area (Å²) < 4.78 is 0. The third-order valence-corrected chi connectivity index (χ3v) is 7.17. The number of nitrogens with one attached hydrogen (secondary N) is 1. The van der Waals surface area contributed by atoms with Gasteiger partial charge in [0, 0.05) is 5.97 Å². The van der Waals surface area contributed by atoms with E-state index in [9.17, 15) is 9.90 Å². The molecule has 0 aromatic carbocycles. The van der Waals surface area contributed by atoms with Gasteiger partial charge < -0.3 is 14.8 Å². The summed E-state index contributed by atoms with van der Waals surface area (Å²) in [5, 5.41) is 10.2. The molecule has 0 saturated carbocycles. The van der Waals surface area contributed by atoms with Crippen LogP contribution in [0.4, 0.5) is 0 Å². The molecule has 3 nitrogen and oxygen atoms in total. The Hall–Kier alpha value is -0.830. The van der Waals surface area contributed by atoms with Crippen molar-refractivity contribution in [3.05, 3.63) is 12.2 Å². The highest BCUT2D eigenvalue weighted by atomic mass is 16.4. The molecular formula is C34H69NO2.